The zero-order chi connectivity index (χ0) is 20.5. The number of amides is 2. The van der Waals surface area contributed by atoms with E-state index >= 15 is 0 Å². The number of hydrogen-bond acceptors (Lipinski definition) is 4. The van der Waals surface area contributed by atoms with Crippen molar-refractivity contribution in [3.8, 4) is 0 Å². The van der Waals surface area contributed by atoms with Crippen LogP contribution in [0, 0.1) is 0 Å². The van der Waals surface area contributed by atoms with Crippen LogP contribution in [0.15, 0.2) is 58.1 Å². The average Bonchev–Trinajstić information content (AvgIpc) is 3.30. The van der Waals surface area contributed by atoms with E-state index in [0.717, 1.165) is 5.56 Å². The zero-order valence-electron chi connectivity index (χ0n) is 16.6. The summed E-state index contributed by atoms with van der Waals surface area (Å²) in [5.41, 5.74) is 1.05. The molecular formula is C21H27N5O3. The number of carbonyl (C=O) groups excluding carboxylic acids is 2. The minimum absolute atomic E-state index is 0.0563. The number of hydrogen-bond donors (Lipinski definition) is 2. The molecule has 154 valence electrons. The molecule has 3 rings (SSSR count). The molecule has 0 unspecified atom stereocenters. The van der Waals surface area contributed by atoms with Crippen LogP contribution < -0.4 is 10.6 Å². The van der Waals surface area contributed by atoms with E-state index < -0.39 is 0 Å². The van der Waals surface area contributed by atoms with E-state index in [-0.39, 0.29) is 18.4 Å². The monoisotopic (exact) mass is 397 g/mol. The summed E-state index contributed by atoms with van der Waals surface area (Å²) in [5, 5.41) is 6.11. The predicted octanol–water partition coefficient (Wildman–Crippen LogP) is 1.32. The first-order valence-electron chi connectivity index (χ1n) is 9.84. The summed E-state index contributed by atoms with van der Waals surface area (Å²) < 4.78 is 5.20. The maximum absolute atomic E-state index is 12.4. The Bertz CT molecular complexity index is 812. The Morgan fingerprint density at radius 3 is 2.38 bits per heavy atom. The van der Waals surface area contributed by atoms with E-state index in [0.29, 0.717) is 51.0 Å². The zero-order valence-corrected chi connectivity index (χ0v) is 16.6. The number of benzene rings is 1. The minimum Gasteiger partial charge on any atom is -0.459 e. The van der Waals surface area contributed by atoms with Crippen molar-refractivity contribution in [2.75, 3.05) is 39.3 Å². The Morgan fingerprint density at radius 1 is 1.00 bits per heavy atom. The Kier molecular flexibility index (Phi) is 7.27. The maximum Gasteiger partial charge on any atom is 0.289 e. The van der Waals surface area contributed by atoms with Gasteiger partial charge in [0.15, 0.2) is 11.7 Å². The van der Waals surface area contributed by atoms with Crippen LogP contribution in [0.4, 0.5) is 0 Å². The third-order valence-corrected chi connectivity index (χ3v) is 4.64. The van der Waals surface area contributed by atoms with Crippen molar-refractivity contribution >= 4 is 17.8 Å². The summed E-state index contributed by atoms with van der Waals surface area (Å²) >= 11 is 0. The molecule has 1 aliphatic rings. The maximum atomic E-state index is 12.4. The van der Waals surface area contributed by atoms with E-state index in [9.17, 15) is 9.59 Å². The van der Waals surface area contributed by atoms with Crippen LogP contribution in [0.3, 0.4) is 0 Å². The van der Waals surface area contributed by atoms with Gasteiger partial charge >= 0.3 is 0 Å². The molecule has 2 amide bonds. The minimum atomic E-state index is -0.129. The average molecular weight is 397 g/mol. The molecule has 0 spiro atoms. The highest BCUT2D eigenvalue weighted by Gasteiger charge is 2.25. The highest BCUT2D eigenvalue weighted by Crippen LogP contribution is 2.09. The van der Waals surface area contributed by atoms with Gasteiger partial charge in [0.2, 0.25) is 5.91 Å². The van der Waals surface area contributed by atoms with Gasteiger partial charge in [-0.3, -0.25) is 9.59 Å². The second-order valence-electron chi connectivity index (χ2n) is 6.69. The van der Waals surface area contributed by atoms with Crippen LogP contribution in [0.2, 0.25) is 0 Å². The third-order valence-electron chi connectivity index (χ3n) is 4.64. The number of nitrogens with one attached hydrogen (secondary N) is 2. The normalized spacial score (nSPS) is 14.6. The van der Waals surface area contributed by atoms with Crippen molar-refractivity contribution in [2.24, 2.45) is 4.99 Å². The van der Waals surface area contributed by atoms with Crippen molar-refractivity contribution in [2.45, 2.75) is 13.5 Å². The number of rotatable bonds is 6. The molecule has 0 radical (unpaired) electrons. The van der Waals surface area contributed by atoms with Gasteiger partial charge in [-0.1, -0.05) is 30.3 Å². The van der Waals surface area contributed by atoms with Gasteiger partial charge in [0.25, 0.3) is 5.91 Å². The van der Waals surface area contributed by atoms with Crippen LogP contribution in [-0.2, 0) is 11.3 Å². The SMILES string of the molecule is CCNC(=NCC(=O)NCc1ccccc1)N1CCN(C(=O)c2ccco2)CC1. The first kappa shape index (κ1) is 20.4. The van der Waals surface area contributed by atoms with Crippen LogP contribution in [0.5, 0.6) is 0 Å². The summed E-state index contributed by atoms with van der Waals surface area (Å²) in [6.45, 7) is 5.67. The molecular weight excluding hydrogens is 370 g/mol. The van der Waals surface area contributed by atoms with Gasteiger partial charge < -0.3 is 24.9 Å². The predicted molar refractivity (Wildman–Crippen MR) is 110 cm³/mol. The molecule has 2 N–H and O–H groups in total. The van der Waals surface area contributed by atoms with Gasteiger partial charge in [-0.2, -0.15) is 0 Å². The molecule has 0 atom stereocenters. The molecule has 1 aromatic heterocycles. The van der Waals surface area contributed by atoms with Gasteiger partial charge in [0.05, 0.1) is 6.26 Å². The van der Waals surface area contributed by atoms with E-state index in [1.54, 1.807) is 17.0 Å². The van der Waals surface area contributed by atoms with Crippen molar-refractivity contribution in [1.29, 1.82) is 0 Å². The lowest BCUT2D eigenvalue weighted by molar-refractivity contribution is -0.119. The molecule has 2 aromatic rings. The Balaban J connectivity index is 1.50. The lowest BCUT2D eigenvalue weighted by atomic mass is 10.2. The number of aliphatic imine (C=N–C) groups is 1. The highest BCUT2D eigenvalue weighted by atomic mass is 16.3. The van der Waals surface area contributed by atoms with E-state index in [2.05, 4.69) is 20.5 Å². The molecule has 1 aromatic carbocycles. The Labute approximate surface area is 170 Å². The fraction of sp³-hybridized carbons (Fsp3) is 0.381. The highest BCUT2D eigenvalue weighted by molar-refractivity contribution is 5.91. The fourth-order valence-corrected chi connectivity index (χ4v) is 3.10. The summed E-state index contributed by atoms with van der Waals surface area (Å²) in [4.78, 5) is 32.8. The number of carbonyl (C=O) groups is 2. The molecule has 29 heavy (non-hydrogen) atoms. The van der Waals surface area contributed by atoms with Crippen LogP contribution in [0.25, 0.3) is 0 Å². The standard InChI is InChI=1S/C21H27N5O3/c1-2-22-21(24-16-19(27)23-15-17-7-4-3-5-8-17)26-12-10-25(11-13-26)20(28)18-9-6-14-29-18/h3-9,14H,2,10-13,15-16H2,1H3,(H,22,24)(H,23,27). The lowest BCUT2D eigenvalue weighted by Gasteiger charge is -2.36. The van der Waals surface area contributed by atoms with Crippen LogP contribution >= 0.6 is 0 Å². The molecule has 8 heteroatoms. The van der Waals surface area contributed by atoms with Crippen molar-refractivity contribution in [3.63, 3.8) is 0 Å². The fourth-order valence-electron chi connectivity index (χ4n) is 3.10. The van der Waals surface area contributed by atoms with E-state index in [1.165, 1.54) is 6.26 Å². The molecule has 1 fully saturated rings. The van der Waals surface area contributed by atoms with E-state index in [1.807, 2.05) is 37.3 Å². The second-order valence-corrected chi connectivity index (χ2v) is 6.69. The molecule has 0 saturated carbocycles. The largest absolute Gasteiger partial charge is 0.459 e. The topological polar surface area (TPSA) is 90.2 Å². The number of furan rings is 1. The van der Waals surface area contributed by atoms with Crippen molar-refractivity contribution in [3.05, 3.63) is 60.1 Å². The summed E-state index contributed by atoms with van der Waals surface area (Å²) in [6.07, 6.45) is 1.50. The lowest BCUT2D eigenvalue weighted by Crippen LogP contribution is -2.54. The first-order valence-corrected chi connectivity index (χ1v) is 9.84. The summed E-state index contributed by atoms with van der Waals surface area (Å²) in [7, 11) is 0. The Hall–Kier alpha value is -3.29. The Morgan fingerprint density at radius 2 is 1.72 bits per heavy atom. The number of piperazine rings is 1. The number of nitrogens with zero attached hydrogens (tertiary/aromatic N) is 3. The third kappa shape index (κ3) is 5.84. The van der Waals surface area contributed by atoms with Gasteiger partial charge in [0.1, 0.15) is 6.54 Å². The van der Waals surface area contributed by atoms with Crippen LogP contribution in [-0.4, -0.2) is 66.8 Å². The smallest absolute Gasteiger partial charge is 0.289 e. The van der Waals surface area contributed by atoms with Gasteiger partial charge in [-0.25, -0.2) is 4.99 Å². The molecule has 8 nitrogen and oxygen atoms in total. The van der Waals surface area contributed by atoms with Gasteiger partial charge in [-0.15, -0.1) is 0 Å². The van der Waals surface area contributed by atoms with Gasteiger partial charge in [0, 0.05) is 39.3 Å². The van der Waals surface area contributed by atoms with Crippen molar-refractivity contribution in [1.82, 2.24) is 20.4 Å². The second kappa shape index (κ2) is 10.3. The van der Waals surface area contributed by atoms with Crippen molar-refractivity contribution < 1.29 is 14.0 Å². The first-order chi connectivity index (χ1) is 14.2. The molecule has 1 aliphatic heterocycles. The van der Waals surface area contributed by atoms with Gasteiger partial charge in [-0.05, 0) is 24.6 Å². The molecule has 0 bridgehead atoms. The summed E-state index contributed by atoms with van der Waals surface area (Å²) in [5.74, 6) is 0.814. The quantitative estimate of drug-likeness (QED) is 0.567. The summed E-state index contributed by atoms with van der Waals surface area (Å²) in [6, 6.07) is 13.2. The van der Waals surface area contributed by atoms with Crippen LogP contribution in [0.1, 0.15) is 23.0 Å². The molecule has 0 aliphatic carbocycles. The number of guanidine groups is 1. The molecule has 2 heterocycles. The van der Waals surface area contributed by atoms with E-state index in [4.69, 9.17) is 4.42 Å². The molecule has 1 saturated heterocycles.